The van der Waals surface area contributed by atoms with E-state index in [9.17, 15) is 18.0 Å². The van der Waals surface area contributed by atoms with E-state index in [0.717, 1.165) is 0 Å². The van der Waals surface area contributed by atoms with Gasteiger partial charge < -0.3 is 4.98 Å². The molecule has 1 unspecified atom stereocenters. The fourth-order valence-corrected chi connectivity index (χ4v) is 2.65. The summed E-state index contributed by atoms with van der Waals surface area (Å²) in [6, 6.07) is 5.41. The zero-order valence-corrected chi connectivity index (χ0v) is 17.8. The lowest BCUT2D eigenvalue weighted by molar-refractivity contribution is 0.151. The Morgan fingerprint density at radius 2 is 1.62 bits per heavy atom. The number of nitrogens with zero attached hydrogens (tertiary/aromatic N) is 3. The minimum Gasteiger partial charge on any atom is -0.310 e. The quantitative estimate of drug-likeness (QED) is 0.583. The highest BCUT2D eigenvalue weighted by atomic mass is 19.3. The molecule has 2 aromatic heterocycles. The zero-order chi connectivity index (χ0) is 22.1. The van der Waals surface area contributed by atoms with E-state index in [-0.39, 0.29) is 22.3 Å². The first-order valence-corrected chi connectivity index (χ1v) is 9.75. The Labute approximate surface area is 169 Å². The van der Waals surface area contributed by atoms with E-state index in [1.165, 1.54) is 23.2 Å². The molecule has 0 aliphatic heterocycles. The van der Waals surface area contributed by atoms with Gasteiger partial charge in [0.05, 0.1) is 6.04 Å². The van der Waals surface area contributed by atoms with E-state index < -0.39 is 24.7 Å². The van der Waals surface area contributed by atoms with Gasteiger partial charge in [-0.25, -0.2) is 22.8 Å². The second-order valence-corrected chi connectivity index (χ2v) is 6.23. The van der Waals surface area contributed by atoms with Crippen molar-refractivity contribution < 1.29 is 13.2 Å². The average Bonchev–Trinajstić information content (AvgIpc) is 3.08. The fraction of sp³-hybridized carbons (Fsp3) is 0.476. The van der Waals surface area contributed by atoms with Gasteiger partial charge in [0.25, 0.3) is 12.0 Å². The number of aryl methyl sites for hydroxylation is 1. The van der Waals surface area contributed by atoms with Crippen molar-refractivity contribution in [2.24, 2.45) is 0 Å². The fourth-order valence-electron chi connectivity index (χ4n) is 2.65. The van der Waals surface area contributed by atoms with Crippen molar-refractivity contribution in [3.05, 3.63) is 57.3 Å². The normalized spacial score (nSPS) is 11.5. The van der Waals surface area contributed by atoms with Crippen LogP contribution in [0.3, 0.4) is 0 Å². The third-order valence-corrected chi connectivity index (χ3v) is 3.92. The van der Waals surface area contributed by atoms with E-state index in [4.69, 9.17) is 0 Å². The van der Waals surface area contributed by atoms with Crippen LogP contribution in [0.5, 0.6) is 0 Å². The molecule has 0 spiro atoms. The molecule has 0 saturated carbocycles. The number of hydrogen-bond acceptors (Lipinski definition) is 3. The number of halogens is 3. The number of aromatic amines is 1. The van der Waals surface area contributed by atoms with Crippen molar-refractivity contribution in [2.45, 2.75) is 67.1 Å². The summed E-state index contributed by atoms with van der Waals surface area (Å²) in [6.07, 6.45) is -1.29. The monoisotopic (exact) mass is 410 g/mol. The van der Waals surface area contributed by atoms with Crippen LogP contribution in [-0.2, 0) is 6.67 Å². The summed E-state index contributed by atoms with van der Waals surface area (Å²) < 4.78 is 40.0. The molecule has 1 aromatic carbocycles. The van der Waals surface area contributed by atoms with Crippen molar-refractivity contribution in [1.82, 2.24) is 19.7 Å². The van der Waals surface area contributed by atoms with E-state index in [2.05, 4.69) is 28.9 Å². The Morgan fingerprint density at radius 1 is 1.10 bits per heavy atom. The van der Waals surface area contributed by atoms with Gasteiger partial charge in [-0.1, -0.05) is 58.4 Å². The SMILES string of the molecule is CC.CCC.Cc1nc2c(c(CF)nn2C(C)c2ccc(C(F)F)cc2)c(=O)[nH]1. The zero-order valence-electron chi connectivity index (χ0n) is 17.8. The molecule has 0 aliphatic carbocycles. The highest BCUT2D eigenvalue weighted by Gasteiger charge is 2.20. The first-order chi connectivity index (χ1) is 13.8. The molecule has 0 radical (unpaired) electrons. The molecule has 160 valence electrons. The Balaban J connectivity index is 0.000000771. The molecule has 0 bridgehead atoms. The third kappa shape index (κ3) is 5.68. The Bertz CT molecular complexity index is 949. The minimum atomic E-state index is -2.54. The van der Waals surface area contributed by atoms with Crippen LogP contribution in [0.4, 0.5) is 13.2 Å². The van der Waals surface area contributed by atoms with Crippen molar-refractivity contribution >= 4 is 11.0 Å². The Morgan fingerprint density at radius 3 is 2.10 bits per heavy atom. The molecule has 0 fully saturated rings. The van der Waals surface area contributed by atoms with Crippen LogP contribution >= 0.6 is 0 Å². The van der Waals surface area contributed by atoms with Crippen molar-refractivity contribution in [3.63, 3.8) is 0 Å². The number of H-pyrrole nitrogens is 1. The lowest BCUT2D eigenvalue weighted by Crippen LogP contribution is -2.13. The predicted octanol–water partition coefficient (Wildman–Crippen LogP) is 5.89. The molecular formula is C21H29F3N4O. The van der Waals surface area contributed by atoms with Crippen LogP contribution < -0.4 is 5.56 Å². The van der Waals surface area contributed by atoms with Crippen LogP contribution in [0.1, 0.15) is 76.2 Å². The highest BCUT2D eigenvalue weighted by Crippen LogP contribution is 2.25. The van der Waals surface area contributed by atoms with Gasteiger partial charge in [0.15, 0.2) is 5.65 Å². The number of benzene rings is 1. The Kier molecular flexibility index (Phi) is 9.58. The summed E-state index contributed by atoms with van der Waals surface area (Å²) in [4.78, 5) is 18.9. The smallest absolute Gasteiger partial charge is 0.263 e. The summed E-state index contributed by atoms with van der Waals surface area (Å²) in [5.74, 6) is 0.388. The summed E-state index contributed by atoms with van der Waals surface area (Å²) in [5, 5.41) is 4.26. The van der Waals surface area contributed by atoms with Gasteiger partial charge in [-0.05, 0) is 19.4 Å². The number of nitrogens with one attached hydrogen (secondary N) is 1. The van der Waals surface area contributed by atoms with Crippen molar-refractivity contribution in [3.8, 4) is 0 Å². The van der Waals surface area contributed by atoms with E-state index in [0.29, 0.717) is 11.4 Å². The summed E-state index contributed by atoms with van der Waals surface area (Å²) >= 11 is 0. The van der Waals surface area contributed by atoms with E-state index >= 15 is 0 Å². The van der Waals surface area contributed by atoms with Crippen molar-refractivity contribution in [2.75, 3.05) is 0 Å². The molecule has 3 aromatic rings. The molecule has 5 nitrogen and oxygen atoms in total. The lowest BCUT2D eigenvalue weighted by atomic mass is 10.1. The topological polar surface area (TPSA) is 63.6 Å². The van der Waals surface area contributed by atoms with Gasteiger partial charge in [0, 0.05) is 5.56 Å². The molecule has 8 heteroatoms. The second-order valence-electron chi connectivity index (χ2n) is 6.23. The molecule has 0 aliphatic rings. The number of hydrogen-bond donors (Lipinski definition) is 1. The number of aromatic nitrogens is 4. The third-order valence-electron chi connectivity index (χ3n) is 3.92. The van der Waals surface area contributed by atoms with Crippen LogP contribution in [0.15, 0.2) is 29.1 Å². The predicted molar refractivity (Wildman–Crippen MR) is 110 cm³/mol. The van der Waals surface area contributed by atoms with Gasteiger partial charge in [0.2, 0.25) is 0 Å². The molecule has 0 saturated heterocycles. The largest absolute Gasteiger partial charge is 0.310 e. The van der Waals surface area contributed by atoms with Crippen LogP contribution in [0, 0.1) is 6.92 Å². The minimum absolute atomic E-state index is 0.00907. The van der Waals surface area contributed by atoms with Gasteiger partial charge >= 0.3 is 0 Å². The van der Waals surface area contributed by atoms with Gasteiger partial charge in [-0.3, -0.25) is 4.79 Å². The maximum atomic E-state index is 13.2. The maximum absolute atomic E-state index is 13.2. The van der Waals surface area contributed by atoms with Gasteiger partial charge in [-0.2, -0.15) is 5.10 Å². The van der Waals surface area contributed by atoms with Gasteiger partial charge in [0.1, 0.15) is 23.6 Å². The number of rotatable bonds is 4. The van der Waals surface area contributed by atoms with E-state index in [1.54, 1.807) is 26.0 Å². The van der Waals surface area contributed by atoms with Crippen LogP contribution in [0.25, 0.3) is 11.0 Å². The Hall–Kier alpha value is -2.64. The van der Waals surface area contributed by atoms with Crippen molar-refractivity contribution in [1.29, 1.82) is 0 Å². The first kappa shape index (κ1) is 24.4. The molecular weight excluding hydrogens is 381 g/mol. The van der Waals surface area contributed by atoms with Gasteiger partial charge in [-0.15, -0.1) is 0 Å². The van der Waals surface area contributed by atoms with Crippen LogP contribution in [0.2, 0.25) is 0 Å². The molecule has 2 heterocycles. The first-order valence-electron chi connectivity index (χ1n) is 9.75. The van der Waals surface area contributed by atoms with E-state index in [1.807, 2.05) is 13.8 Å². The number of alkyl halides is 3. The molecule has 1 N–H and O–H groups in total. The average molecular weight is 410 g/mol. The molecule has 29 heavy (non-hydrogen) atoms. The molecule has 0 amide bonds. The standard InChI is InChI=1S/C16H15F3N4O.C3H8.C2H6/c1-8(10-3-5-11(6-4-10)14(18)19)23-15-13(12(7-17)22-23)16(24)21-9(2)20-15;1-3-2;1-2/h3-6,8,14H,7H2,1-2H3,(H,20,21,24);3H2,1-2H3;1-2H3. The summed E-state index contributed by atoms with van der Waals surface area (Å²) in [6.45, 7) is 10.8. The maximum Gasteiger partial charge on any atom is 0.263 e. The molecule has 3 rings (SSSR count). The second kappa shape index (κ2) is 11.4. The summed E-state index contributed by atoms with van der Waals surface area (Å²) in [7, 11) is 0. The number of fused-ring (bicyclic) bond motifs is 1. The summed E-state index contributed by atoms with van der Waals surface area (Å²) in [5.41, 5.74) is 0.459. The van der Waals surface area contributed by atoms with Crippen LogP contribution in [-0.4, -0.2) is 19.7 Å². The highest BCUT2D eigenvalue weighted by molar-refractivity contribution is 5.77. The lowest BCUT2D eigenvalue weighted by Gasteiger charge is -2.14. The molecule has 1 atom stereocenters.